The first-order chi connectivity index (χ1) is 17.6. The van der Waals surface area contributed by atoms with Gasteiger partial charge in [-0.25, -0.2) is 0 Å². The number of carbonyl (C=O) groups excluding carboxylic acids is 2. The summed E-state index contributed by atoms with van der Waals surface area (Å²) in [6, 6.07) is 30.8. The zero-order valence-corrected chi connectivity index (χ0v) is 19.8. The fourth-order valence-electron chi connectivity index (χ4n) is 3.37. The summed E-state index contributed by atoms with van der Waals surface area (Å²) in [5.41, 5.74) is 2.67. The third-order valence-corrected chi connectivity index (χ3v) is 5.23. The molecule has 0 bridgehead atoms. The number of carbonyl (C=O) groups is 2. The lowest BCUT2D eigenvalue weighted by Crippen LogP contribution is -2.20. The second-order valence-corrected chi connectivity index (χ2v) is 7.81. The van der Waals surface area contributed by atoms with E-state index in [4.69, 9.17) is 14.2 Å². The molecule has 0 unspecified atom stereocenters. The number of rotatable bonds is 10. The molecule has 0 aromatic heterocycles. The maximum atomic E-state index is 12.5. The molecule has 0 heterocycles. The number of benzene rings is 4. The molecule has 182 valence electrons. The summed E-state index contributed by atoms with van der Waals surface area (Å²) >= 11 is 0. The van der Waals surface area contributed by atoms with E-state index in [9.17, 15) is 9.59 Å². The predicted molar refractivity (Wildman–Crippen MR) is 139 cm³/mol. The Morgan fingerprint density at radius 2 is 1.33 bits per heavy atom. The van der Waals surface area contributed by atoms with Gasteiger partial charge in [-0.15, -0.1) is 0 Å². The lowest BCUT2D eigenvalue weighted by Gasteiger charge is -2.11. The fourth-order valence-corrected chi connectivity index (χ4v) is 3.37. The van der Waals surface area contributed by atoms with Crippen LogP contribution in [0.4, 0.5) is 11.4 Å². The van der Waals surface area contributed by atoms with E-state index in [1.54, 1.807) is 67.8 Å². The summed E-state index contributed by atoms with van der Waals surface area (Å²) in [5.74, 6) is 1.25. The van der Waals surface area contributed by atoms with Crippen LogP contribution < -0.4 is 24.8 Å². The molecule has 7 heteroatoms. The fraction of sp³-hybridized carbons (Fsp3) is 0.103. The molecule has 4 rings (SSSR count). The number of hydrogen-bond donors (Lipinski definition) is 2. The molecule has 0 aliphatic rings. The Hall–Kier alpha value is -4.78. The Balaban J connectivity index is 1.23. The number of anilines is 2. The number of nitrogens with one attached hydrogen (secondary N) is 2. The minimum absolute atomic E-state index is 0.153. The number of para-hydroxylation sites is 2. The summed E-state index contributed by atoms with van der Waals surface area (Å²) in [6.45, 7) is 0.324. The highest BCUT2D eigenvalue weighted by molar-refractivity contribution is 6.05. The molecule has 0 atom stereocenters. The summed E-state index contributed by atoms with van der Waals surface area (Å²) in [6.07, 6.45) is 0. The monoisotopic (exact) mass is 482 g/mol. The quantitative estimate of drug-likeness (QED) is 0.310. The molecule has 0 spiro atoms. The Morgan fingerprint density at radius 3 is 2.03 bits per heavy atom. The van der Waals surface area contributed by atoms with Gasteiger partial charge in [0, 0.05) is 11.3 Å². The SMILES string of the molecule is COc1ccccc1NC(=O)c1ccc(NC(=O)COc2ccc(OCc3ccccc3)cc2)cc1. The average molecular weight is 483 g/mol. The van der Waals surface area contributed by atoms with Crippen molar-refractivity contribution in [1.82, 2.24) is 0 Å². The van der Waals surface area contributed by atoms with Crippen LogP contribution in [0, 0.1) is 0 Å². The summed E-state index contributed by atoms with van der Waals surface area (Å²) < 4.78 is 16.6. The van der Waals surface area contributed by atoms with Gasteiger partial charge in [0.1, 0.15) is 23.9 Å². The van der Waals surface area contributed by atoms with Gasteiger partial charge >= 0.3 is 0 Å². The molecule has 0 aliphatic carbocycles. The van der Waals surface area contributed by atoms with E-state index < -0.39 is 0 Å². The van der Waals surface area contributed by atoms with Crippen molar-refractivity contribution in [3.63, 3.8) is 0 Å². The van der Waals surface area contributed by atoms with E-state index in [0.717, 1.165) is 5.56 Å². The lowest BCUT2D eigenvalue weighted by atomic mass is 10.2. The van der Waals surface area contributed by atoms with Gasteiger partial charge in [0.2, 0.25) is 0 Å². The Bertz CT molecular complexity index is 1290. The molecule has 0 radical (unpaired) electrons. The molecule has 0 fully saturated rings. The number of methoxy groups -OCH3 is 1. The van der Waals surface area contributed by atoms with Gasteiger partial charge in [-0.1, -0.05) is 42.5 Å². The van der Waals surface area contributed by atoms with Crippen LogP contribution >= 0.6 is 0 Å². The predicted octanol–water partition coefficient (Wildman–Crippen LogP) is 5.54. The first-order valence-electron chi connectivity index (χ1n) is 11.3. The molecule has 4 aromatic carbocycles. The maximum absolute atomic E-state index is 12.5. The van der Waals surface area contributed by atoms with Crippen molar-refractivity contribution in [2.75, 3.05) is 24.4 Å². The van der Waals surface area contributed by atoms with E-state index in [1.165, 1.54) is 0 Å². The molecule has 0 saturated heterocycles. The molecule has 36 heavy (non-hydrogen) atoms. The second-order valence-electron chi connectivity index (χ2n) is 7.81. The summed E-state index contributed by atoms with van der Waals surface area (Å²) in [4.78, 5) is 24.8. The normalized spacial score (nSPS) is 10.2. The van der Waals surface area contributed by atoms with Gasteiger partial charge in [0.05, 0.1) is 12.8 Å². The standard InChI is InChI=1S/C29H26N2O5/c1-34-27-10-6-5-9-26(27)31-29(33)22-11-13-23(14-12-22)30-28(32)20-36-25-17-15-24(16-18-25)35-19-21-7-3-2-4-8-21/h2-18H,19-20H2,1H3,(H,30,32)(H,31,33). The van der Waals surface area contributed by atoms with Crippen LogP contribution in [0.3, 0.4) is 0 Å². The van der Waals surface area contributed by atoms with Crippen LogP contribution in [0.2, 0.25) is 0 Å². The van der Waals surface area contributed by atoms with Gasteiger partial charge in [-0.2, -0.15) is 0 Å². The minimum Gasteiger partial charge on any atom is -0.495 e. The van der Waals surface area contributed by atoms with Crippen molar-refractivity contribution in [3.05, 3.63) is 114 Å². The number of hydrogen-bond acceptors (Lipinski definition) is 5. The minimum atomic E-state index is -0.314. The van der Waals surface area contributed by atoms with Crippen LogP contribution in [0.25, 0.3) is 0 Å². The van der Waals surface area contributed by atoms with Gasteiger partial charge in [-0.3, -0.25) is 9.59 Å². The lowest BCUT2D eigenvalue weighted by molar-refractivity contribution is -0.118. The third kappa shape index (κ3) is 6.87. The van der Waals surface area contributed by atoms with Gasteiger partial charge in [0.25, 0.3) is 11.8 Å². The molecular weight excluding hydrogens is 456 g/mol. The van der Waals surface area contributed by atoms with E-state index in [0.29, 0.717) is 40.8 Å². The maximum Gasteiger partial charge on any atom is 0.262 e. The van der Waals surface area contributed by atoms with Crippen LogP contribution in [0.1, 0.15) is 15.9 Å². The Kier molecular flexibility index (Phi) is 8.17. The van der Waals surface area contributed by atoms with Crippen molar-refractivity contribution < 1.29 is 23.8 Å². The first kappa shape index (κ1) is 24.3. The van der Waals surface area contributed by atoms with E-state index >= 15 is 0 Å². The highest BCUT2D eigenvalue weighted by Gasteiger charge is 2.10. The van der Waals surface area contributed by atoms with E-state index in [2.05, 4.69) is 10.6 Å². The van der Waals surface area contributed by atoms with Crippen molar-refractivity contribution in [2.45, 2.75) is 6.61 Å². The van der Waals surface area contributed by atoms with Crippen LogP contribution in [0.15, 0.2) is 103 Å². The highest BCUT2D eigenvalue weighted by atomic mass is 16.5. The largest absolute Gasteiger partial charge is 0.495 e. The van der Waals surface area contributed by atoms with Crippen molar-refractivity contribution in [2.24, 2.45) is 0 Å². The smallest absolute Gasteiger partial charge is 0.262 e. The zero-order chi connectivity index (χ0) is 25.2. The van der Waals surface area contributed by atoms with E-state index in [1.807, 2.05) is 42.5 Å². The van der Waals surface area contributed by atoms with Crippen LogP contribution in [-0.4, -0.2) is 25.5 Å². The van der Waals surface area contributed by atoms with Crippen molar-refractivity contribution in [3.8, 4) is 17.2 Å². The summed E-state index contributed by atoms with van der Waals surface area (Å²) in [7, 11) is 1.54. The highest BCUT2D eigenvalue weighted by Crippen LogP contribution is 2.24. The molecule has 2 N–H and O–H groups in total. The molecule has 0 saturated carbocycles. The Labute approximate surface area is 209 Å². The molecular formula is C29H26N2O5. The van der Waals surface area contributed by atoms with Gasteiger partial charge in [0.15, 0.2) is 6.61 Å². The third-order valence-electron chi connectivity index (χ3n) is 5.23. The summed E-state index contributed by atoms with van der Waals surface area (Å²) in [5, 5.41) is 5.57. The number of amides is 2. The van der Waals surface area contributed by atoms with Crippen LogP contribution in [0.5, 0.6) is 17.2 Å². The number of ether oxygens (including phenoxy) is 3. The molecule has 2 amide bonds. The van der Waals surface area contributed by atoms with Gasteiger partial charge in [-0.05, 0) is 66.2 Å². The topological polar surface area (TPSA) is 85.9 Å². The first-order valence-corrected chi connectivity index (χ1v) is 11.3. The second kappa shape index (κ2) is 12.1. The zero-order valence-electron chi connectivity index (χ0n) is 19.8. The van der Waals surface area contributed by atoms with E-state index in [-0.39, 0.29) is 18.4 Å². The Morgan fingerprint density at radius 1 is 0.694 bits per heavy atom. The molecule has 0 aliphatic heterocycles. The average Bonchev–Trinajstić information content (AvgIpc) is 2.92. The van der Waals surface area contributed by atoms with Gasteiger partial charge < -0.3 is 24.8 Å². The van der Waals surface area contributed by atoms with Crippen molar-refractivity contribution >= 4 is 23.2 Å². The molecule has 7 nitrogen and oxygen atoms in total. The van der Waals surface area contributed by atoms with Crippen molar-refractivity contribution in [1.29, 1.82) is 0 Å². The van der Waals surface area contributed by atoms with Crippen LogP contribution in [-0.2, 0) is 11.4 Å². The molecule has 4 aromatic rings.